The van der Waals surface area contributed by atoms with Crippen LogP contribution in [0.25, 0.3) is 0 Å². The molecule has 0 radical (unpaired) electrons. The predicted molar refractivity (Wildman–Crippen MR) is 55.2 cm³/mol. The molecule has 16 heavy (non-hydrogen) atoms. The van der Waals surface area contributed by atoms with Gasteiger partial charge in [-0.3, -0.25) is 4.79 Å². The van der Waals surface area contributed by atoms with E-state index in [1.165, 1.54) is 12.1 Å². The molecule has 0 aliphatic rings. The molecule has 0 saturated heterocycles. The van der Waals surface area contributed by atoms with Crippen molar-refractivity contribution in [2.24, 2.45) is 0 Å². The molecule has 0 spiro atoms. The third-order valence-corrected chi connectivity index (χ3v) is 2.54. The summed E-state index contributed by atoms with van der Waals surface area (Å²) in [5, 5.41) is 11.4. The first kappa shape index (κ1) is 12.2. The van der Waals surface area contributed by atoms with Crippen LogP contribution in [0.3, 0.4) is 0 Å². The van der Waals surface area contributed by atoms with Crippen molar-refractivity contribution in [2.45, 2.75) is 18.9 Å². The topological polar surface area (TPSA) is 66.4 Å². The van der Waals surface area contributed by atoms with Crippen LogP contribution in [0.1, 0.15) is 18.9 Å². The molecule has 1 amide bonds. The van der Waals surface area contributed by atoms with Gasteiger partial charge in [0.05, 0.1) is 0 Å². The Labute approximate surface area is 92.1 Å². The van der Waals surface area contributed by atoms with Crippen LogP contribution >= 0.6 is 0 Å². The van der Waals surface area contributed by atoms with E-state index >= 15 is 0 Å². The quantitative estimate of drug-likeness (QED) is 0.741. The Morgan fingerprint density at radius 2 is 2.06 bits per heavy atom. The first-order valence-corrected chi connectivity index (χ1v) is 4.77. The van der Waals surface area contributed by atoms with Crippen LogP contribution in [-0.4, -0.2) is 17.5 Å². The molecule has 86 valence electrons. The number of amides is 1. The number of rotatable bonds is 5. The Kier molecular flexibility index (Phi) is 3.60. The van der Waals surface area contributed by atoms with Gasteiger partial charge < -0.3 is 10.4 Å². The SMILES string of the molecule is CCC(NC=O)(C(=O)O)c1ccc(F)cc1. The summed E-state index contributed by atoms with van der Waals surface area (Å²) in [7, 11) is 0. The van der Waals surface area contributed by atoms with Gasteiger partial charge in [-0.25, -0.2) is 9.18 Å². The molecule has 0 fully saturated rings. The molecule has 0 aromatic heterocycles. The molecule has 1 aromatic carbocycles. The summed E-state index contributed by atoms with van der Waals surface area (Å²) in [5.41, 5.74) is -1.15. The van der Waals surface area contributed by atoms with Gasteiger partial charge in [-0.2, -0.15) is 0 Å². The number of carboxylic acid groups (broad SMARTS) is 1. The summed E-state index contributed by atoms with van der Waals surface area (Å²) in [6, 6.07) is 5.03. The first-order valence-electron chi connectivity index (χ1n) is 4.77. The fraction of sp³-hybridized carbons (Fsp3) is 0.273. The van der Waals surface area contributed by atoms with E-state index in [1.54, 1.807) is 6.92 Å². The highest BCUT2D eigenvalue weighted by Crippen LogP contribution is 2.25. The van der Waals surface area contributed by atoms with Crippen LogP contribution in [0, 0.1) is 5.82 Å². The smallest absolute Gasteiger partial charge is 0.334 e. The summed E-state index contributed by atoms with van der Waals surface area (Å²) >= 11 is 0. The van der Waals surface area contributed by atoms with E-state index in [0.717, 1.165) is 12.1 Å². The zero-order valence-electron chi connectivity index (χ0n) is 8.74. The van der Waals surface area contributed by atoms with E-state index in [9.17, 15) is 14.0 Å². The van der Waals surface area contributed by atoms with Crippen LogP contribution in [0.4, 0.5) is 4.39 Å². The summed E-state index contributed by atoms with van der Waals surface area (Å²) < 4.78 is 12.7. The van der Waals surface area contributed by atoms with Crippen molar-refractivity contribution < 1.29 is 19.1 Å². The highest BCUT2D eigenvalue weighted by molar-refractivity contribution is 5.83. The summed E-state index contributed by atoms with van der Waals surface area (Å²) in [4.78, 5) is 21.7. The van der Waals surface area contributed by atoms with Gasteiger partial charge in [0.1, 0.15) is 5.82 Å². The number of carbonyl (C=O) groups excluding carboxylic acids is 1. The van der Waals surface area contributed by atoms with Crippen molar-refractivity contribution in [3.63, 3.8) is 0 Å². The number of halogens is 1. The zero-order chi connectivity index (χ0) is 12.2. The van der Waals surface area contributed by atoms with Gasteiger partial charge in [-0.15, -0.1) is 0 Å². The second-order valence-electron chi connectivity index (χ2n) is 3.33. The maximum Gasteiger partial charge on any atom is 0.334 e. The largest absolute Gasteiger partial charge is 0.479 e. The third-order valence-electron chi connectivity index (χ3n) is 2.54. The fourth-order valence-electron chi connectivity index (χ4n) is 1.56. The molecule has 0 aliphatic carbocycles. The number of aliphatic carboxylic acids is 1. The van der Waals surface area contributed by atoms with Crippen LogP contribution in [0.2, 0.25) is 0 Å². The standard InChI is InChI=1S/C11H12FNO3/c1-2-11(10(15)16,13-7-14)8-3-5-9(12)6-4-8/h3-7H,2H2,1H3,(H,13,14)(H,15,16). The average molecular weight is 225 g/mol. The Balaban J connectivity index is 3.23. The fourth-order valence-corrected chi connectivity index (χ4v) is 1.56. The lowest BCUT2D eigenvalue weighted by atomic mass is 9.87. The second kappa shape index (κ2) is 4.74. The molecule has 0 saturated carbocycles. The maximum absolute atomic E-state index is 12.7. The molecule has 0 heterocycles. The number of carbonyl (C=O) groups is 2. The normalized spacial score (nSPS) is 13.9. The zero-order valence-corrected chi connectivity index (χ0v) is 8.74. The van der Waals surface area contributed by atoms with Gasteiger partial charge in [0.25, 0.3) is 0 Å². The molecule has 2 N–H and O–H groups in total. The minimum Gasteiger partial charge on any atom is -0.479 e. The van der Waals surface area contributed by atoms with Crippen LogP contribution < -0.4 is 5.32 Å². The number of nitrogens with one attached hydrogen (secondary N) is 1. The lowest BCUT2D eigenvalue weighted by Crippen LogP contribution is -2.48. The van der Waals surface area contributed by atoms with Crippen molar-refractivity contribution in [2.75, 3.05) is 0 Å². The molecule has 0 bridgehead atoms. The molecule has 0 aliphatic heterocycles. The van der Waals surface area contributed by atoms with Gasteiger partial charge in [-0.1, -0.05) is 19.1 Å². The lowest BCUT2D eigenvalue weighted by molar-refractivity contribution is -0.147. The van der Waals surface area contributed by atoms with E-state index in [-0.39, 0.29) is 6.42 Å². The molecular weight excluding hydrogens is 213 g/mol. The van der Waals surface area contributed by atoms with Crippen molar-refractivity contribution in [3.05, 3.63) is 35.6 Å². The number of hydrogen-bond acceptors (Lipinski definition) is 2. The first-order chi connectivity index (χ1) is 7.56. The van der Waals surface area contributed by atoms with Gasteiger partial charge in [-0.05, 0) is 24.1 Å². The molecule has 5 heteroatoms. The second-order valence-corrected chi connectivity index (χ2v) is 3.33. The van der Waals surface area contributed by atoms with Crippen molar-refractivity contribution in [3.8, 4) is 0 Å². The highest BCUT2D eigenvalue weighted by atomic mass is 19.1. The van der Waals surface area contributed by atoms with Gasteiger partial charge in [0.2, 0.25) is 6.41 Å². The Morgan fingerprint density at radius 1 is 1.50 bits per heavy atom. The van der Waals surface area contributed by atoms with E-state index in [0.29, 0.717) is 12.0 Å². The Hall–Kier alpha value is -1.91. The van der Waals surface area contributed by atoms with Gasteiger partial charge in [0.15, 0.2) is 5.54 Å². The maximum atomic E-state index is 12.7. The predicted octanol–water partition coefficient (Wildman–Crippen LogP) is 1.26. The minimum absolute atomic E-state index is 0.173. The van der Waals surface area contributed by atoms with E-state index < -0.39 is 17.3 Å². The van der Waals surface area contributed by atoms with Gasteiger partial charge in [0, 0.05) is 0 Å². The van der Waals surface area contributed by atoms with Crippen LogP contribution in [0.5, 0.6) is 0 Å². The van der Waals surface area contributed by atoms with Crippen molar-refractivity contribution in [1.29, 1.82) is 0 Å². The summed E-state index contributed by atoms with van der Waals surface area (Å²) in [5.74, 6) is -1.63. The highest BCUT2D eigenvalue weighted by Gasteiger charge is 2.38. The average Bonchev–Trinajstić information content (AvgIpc) is 2.27. The molecule has 4 nitrogen and oxygen atoms in total. The summed E-state index contributed by atoms with van der Waals surface area (Å²) in [6.45, 7) is 1.63. The number of hydrogen-bond donors (Lipinski definition) is 2. The minimum atomic E-state index is -1.49. The van der Waals surface area contributed by atoms with Crippen LogP contribution in [0.15, 0.2) is 24.3 Å². The van der Waals surface area contributed by atoms with Gasteiger partial charge >= 0.3 is 5.97 Å². The lowest BCUT2D eigenvalue weighted by Gasteiger charge is -2.27. The van der Waals surface area contributed by atoms with Crippen molar-refractivity contribution in [1.82, 2.24) is 5.32 Å². The molecule has 1 unspecified atom stereocenters. The Morgan fingerprint density at radius 3 is 2.44 bits per heavy atom. The molecule has 1 aromatic rings. The Bertz CT molecular complexity index is 391. The van der Waals surface area contributed by atoms with Crippen LogP contribution in [-0.2, 0) is 15.1 Å². The monoisotopic (exact) mass is 225 g/mol. The number of benzene rings is 1. The van der Waals surface area contributed by atoms with E-state index in [1.807, 2.05) is 0 Å². The number of carboxylic acids is 1. The van der Waals surface area contributed by atoms with E-state index in [4.69, 9.17) is 5.11 Å². The third kappa shape index (κ3) is 2.03. The summed E-state index contributed by atoms with van der Waals surface area (Å²) in [6.07, 6.45) is 0.508. The molecule has 1 atom stereocenters. The molecular formula is C11H12FNO3. The van der Waals surface area contributed by atoms with Crippen molar-refractivity contribution >= 4 is 12.4 Å². The molecule has 1 rings (SSSR count). The van der Waals surface area contributed by atoms with E-state index in [2.05, 4.69) is 5.32 Å².